The fourth-order valence-corrected chi connectivity index (χ4v) is 3.28. The first kappa shape index (κ1) is 25.1. The Morgan fingerprint density at radius 1 is 1.31 bits per heavy atom. The van der Waals surface area contributed by atoms with Gasteiger partial charge >= 0.3 is 0 Å². The van der Waals surface area contributed by atoms with Crippen molar-refractivity contribution in [3.05, 3.63) is 30.1 Å². The molecule has 0 aliphatic rings. The highest BCUT2D eigenvalue weighted by Gasteiger charge is 2.16. The summed E-state index contributed by atoms with van der Waals surface area (Å²) < 4.78 is 22.6. The number of sulfone groups is 1. The maximum atomic E-state index is 11.3. The predicted molar refractivity (Wildman–Crippen MR) is 120 cm³/mol. The molecule has 6 nitrogen and oxygen atoms in total. The van der Waals surface area contributed by atoms with Gasteiger partial charge in [0.05, 0.1) is 5.75 Å². The van der Waals surface area contributed by atoms with Crippen molar-refractivity contribution in [1.82, 2.24) is 15.6 Å². The van der Waals surface area contributed by atoms with Crippen molar-refractivity contribution >= 4 is 39.8 Å². The number of hydrogen-bond acceptors (Lipinski definition) is 4. The number of rotatable bonds is 9. The van der Waals surface area contributed by atoms with Gasteiger partial charge in [-0.15, -0.1) is 24.0 Å². The zero-order valence-electron chi connectivity index (χ0n) is 16.4. The first-order valence-electron chi connectivity index (χ1n) is 8.85. The first-order valence-corrected chi connectivity index (χ1v) is 10.9. The summed E-state index contributed by atoms with van der Waals surface area (Å²) >= 11 is 0. The van der Waals surface area contributed by atoms with E-state index in [9.17, 15) is 8.42 Å². The van der Waals surface area contributed by atoms with Crippen LogP contribution in [0.5, 0.6) is 0 Å². The summed E-state index contributed by atoms with van der Waals surface area (Å²) in [7, 11) is -2.95. The fraction of sp³-hybridized carbons (Fsp3) is 0.667. The number of pyridine rings is 1. The Morgan fingerprint density at radius 3 is 2.50 bits per heavy atom. The minimum atomic E-state index is -2.95. The van der Waals surface area contributed by atoms with Crippen molar-refractivity contribution < 1.29 is 8.42 Å². The molecule has 1 aromatic heterocycles. The second kappa shape index (κ2) is 12.5. The lowest BCUT2D eigenvalue weighted by molar-refractivity contribution is 0.503. The van der Waals surface area contributed by atoms with E-state index in [0.29, 0.717) is 18.9 Å². The number of nitrogens with one attached hydrogen (secondary N) is 2. The number of hydrogen-bond donors (Lipinski definition) is 2. The molecule has 2 unspecified atom stereocenters. The van der Waals surface area contributed by atoms with Gasteiger partial charge in [-0.25, -0.2) is 8.42 Å². The molecular formula is C18H33IN4O2S. The number of nitrogens with zero attached hydrogens (tertiary/aromatic N) is 2. The largest absolute Gasteiger partial charge is 0.357 e. The van der Waals surface area contributed by atoms with Gasteiger partial charge in [-0.3, -0.25) is 9.98 Å². The third-order valence-electron chi connectivity index (χ3n) is 4.01. The standard InChI is InChI=1S/C18H32N4O2S.HI/c1-6-20-18(22-15(4)9-11-25(5,23)24)21-13-17(14(2)3)16-8-7-10-19-12-16;/h7-8,10,12,14-15,17H,6,9,11,13H2,1-5H3,(H2,20,21,22);1H. The minimum absolute atomic E-state index is 0. The maximum Gasteiger partial charge on any atom is 0.191 e. The molecule has 26 heavy (non-hydrogen) atoms. The van der Waals surface area contributed by atoms with Crippen molar-refractivity contribution in [1.29, 1.82) is 0 Å². The second-order valence-electron chi connectivity index (χ2n) is 6.82. The molecule has 2 atom stereocenters. The Kier molecular flexibility index (Phi) is 12.0. The van der Waals surface area contributed by atoms with Gasteiger partial charge in [0.25, 0.3) is 0 Å². The highest BCUT2D eigenvalue weighted by molar-refractivity contribution is 14.0. The van der Waals surface area contributed by atoms with Crippen LogP contribution in [-0.2, 0) is 9.84 Å². The molecule has 0 aromatic carbocycles. The smallest absolute Gasteiger partial charge is 0.191 e. The minimum Gasteiger partial charge on any atom is -0.357 e. The average molecular weight is 496 g/mol. The molecule has 0 radical (unpaired) electrons. The molecule has 1 aromatic rings. The molecule has 0 aliphatic heterocycles. The second-order valence-corrected chi connectivity index (χ2v) is 9.08. The average Bonchev–Trinajstić information content (AvgIpc) is 2.53. The molecule has 0 fully saturated rings. The summed E-state index contributed by atoms with van der Waals surface area (Å²) in [5, 5.41) is 6.53. The van der Waals surface area contributed by atoms with Gasteiger partial charge in [0.15, 0.2) is 5.96 Å². The summed E-state index contributed by atoms with van der Waals surface area (Å²) in [6.45, 7) is 9.75. The molecule has 0 saturated carbocycles. The Hall–Kier alpha value is -0.900. The summed E-state index contributed by atoms with van der Waals surface area (Å²) in [5.74, 6) is 1.62. The van der Waals surface area contributed by atoms with Gasteiger partial charge in [0.2, 0.25) is 0 Å². The van der Waals surface area contributed by atoms with Crippen LogP contribution in [-0.4, -0.2) is 50.5 Å². The van der Waals surface area contributed by atoms with Crippen LogP contribution in [0.1, 0.15) is 45.6 Å². The van der Waals surface area contributed by atoms with Gasteiger partial charge in [-0.05, 0) is 37.8 Å². The quantitative estimate of drug-likeness (QED) is 0.312. The molecule has 0 spiro atoms. The third-order valence-corrected chi connectivity index (χ3v) is 4.99. The van der Waals surface area contributed by atoms with E-state index in [1.807, 2.05) is 26.1 Å². The monoisotopic (exact) mass is 496 g/mol. The van der Waals surface area contributed by atoms with Crippen LogP contribution in [0, 0.1) is 5.92 Å². The van der Waals surface area contributed by atoms with Gasteiger partial charge in [-0.1, -0.05) is 19.9 Å². The molecule has 0 saturated heterocycles. The summed E-state index contributed by atoms with van der Waals surface area (Å²) in [5.41, 5.74) is 1.18. The highest BCUT2D eigenvalue weighted by Crippen LogP contribution is 2.23. The van der Waals surface area contributed by atoms with E-state index in [2.05, 4.69) is 35.5 Å². The van der Waals surface area contributed by atoms with Gasteiger partial charge in [-0.2, -0.15) is 0 Å². The van der Waals surface area contributed by atoms with Crippen molar-refractivity contribution in [2.45, 2.75) is 46.1 Å². The molecule has 2 N–H and O–H groups in total. The summed E-state index contributed by atoms with van der Waals surface area (Å²) in [4.78, 5) is 8.92. The zero-order valence-corrected chi connectivity index (χ0v) is 19.5. The van der Waals surface area contributed by atoms with E-state index >= 15 is 0 Å². The van der Waals surface area contributed by atoms with E-state index in [0.717, 1.165) is 12.5 Å². The fourth-order valence-electron chi connectivity index (χ4n) is 2.50. The Labute approximate surface area is 175 Å². The molecule has 8 heteroatoms. The SMILES string of the molecule is CCNC(=NCC(c1cccnc1)C(C)C)NC(C)CCS(C)(=O)=O.I. The van der Waals surface area contributed by atoms with Gasteiger partial charge in [0, 0.05) is 43.7 Å². The van der Waals surface area contributed by atoms with Crippen LogP contribution < -0.4 is 10.6 Å². The number of halogens is 1. The first-order chi connectivity index (χ1) is 11.7. The van der Waals surface area contributed by atoms with Crippen molar-refractivity contribution in [2.24, 2.45) is 10.9 Å². The highest BCUT2D eigenvalue weighted by atomic mass is 127. The van der Waals surface area contributed by atoms with Crippen molar-refractivity contribution in [3.63, 3.8) is 0 Å². The Morgan fingerprint density at radius 2 is 2.00 bits per heavy atom. The third kappa shape index (κ3) is 10.3. The van der Waals surface area contributed by atoms with Crippen molar-refractivity contribution in [3.8, 4) is 0 Å². The van der Waals surface area contributed by atoms with E-state index in [1.165, 1.54) is 11.8 Å². The molecule has 1 heterocycles. The Bertz CT molecular complexity index is 636. The van der Waals surface area contributed by atoms with E-state index < -0.39 is 9.84 Å². The van der Waals surface area contributed by atoms with Gasteiger partial charge < -0.3 is 10.6 Å². The van der Waals surface area contributed by atoms with Crippen LogP contribution in [0.4, 0.5) is 0 Å². The van der Waals surface area contributed by atoms with E-state index in [4.69, 9.17) is 4.99 Å². The van der Waals surface area contributed by atoms with Gasteiger partial charge in [0.1, 0.15) is 9.84 Å². The lowest BCUT2D eigenvalue weighted by Gasteiger charge is -2.21. The normalized spacial score (nSPS) is 14.5. The van der Waals surface area contributed by atoms with Crippen LogP contribution in [0.25, 0.3) is 0 Å². The molecule has 150 valence electrons. The van der Waals surface area contributed by atoms with Crippen LogP contribution in [0.15, 0.2) is 29.5 Å². The molecular weight excluding hydrogens is 463 g/mol. The topological polar surface area (TPSA) is 83.4 Å². The predicted octanol–water partition coefficient (Wildman–Crippen LogP) is 2.82. The summed E-state index contributed by atoms with van der Waals surface area (Å²) in [6.07, 6.45) is 5.49. The van der Waals surface area contributed by atoms with Crippen molar-refractivity contribution in [2.75, 3.05) is 25.1 Å². The number of guanidine groups is 1. The van der Waals surface area contributed by atoms with Crippen LogP contribution >= 0.6 is 24.0 Å². The van der Waals surface area contributed by atoms with Crippen LogP contribution in [0.2, 0.25) is 0 Å². The van der Waals surface area contributed by atoms with Crippen LogP contribution in [0.3, 0.4) is 0 Å². The molecule has 0 aliphatic carbocycles. The number of aromatic nitrogens is 1. The lowest BCUT2D eigenvalue weighted by Crippen LogP contribution is -2.43. The maximum absolute atomic E-state index is 11.3. The lowest BCUT2D eigenvalue weighted by atomic mass is 9.89. The van der Waals surface area contributed by atoms with E-state index in [-0.39, 0.29) is 41.7 Å². The molecule has 0 bridgehead atoms. The molecule has 0 amide bonds. The summed E-state index contributed by atoms with van der Waals surface area (Å²) in [6, 6.07) is 4.07. The zero-order chi connectivity index (χ0) is 18.9. The molecule has 1 rings (SSSR count). The van der Waals surface area contributed by atoms with E-state index in [1.54, 1.807) is 6.20 Å². The Balaban J connectivity index is 0.00000625. The number of aliphatic imine (C=N–C) groups is 1.